The fourth-order valence-corrected chi connectivity index (χ4v) is 3.17. The Kier molecular flexibility index (Phi) is 3.24. The van der Waals surface area contributed by atoms with Crippen LogP contribution in [-0.4, -0.2) is 5.84 Å². The zero-order chi connectivity index (χ0) is 14.1. The molecular formula is C16H14N2OS. The smallest absolute Gasteiger partial charge is 0.123 e. The van der Waals surface area contributed by atoms with Crippen molar-refractivity contribution >= 4 is 28.4 Å². The number of furan rings is 1. The number of nitrogen functional groups attached to an aromatic ring is 1. The van der Waals surface area contributed by atoms with Crippen LogP contribution in [0.3, 0.4) is 0 Å². The first-order chi connectivity index (χ1) is 9.66. The van der Waals surface area contributed by atoms with Crippen LogP contribution in [-0.2, 0) is 0 Å². The standard InChI is InChI=1S/C16H14N2OS/c1-10-14(8-9-19-10)20-15-7-6-13(16(17)18)11-4-2-3-5-12(11)15/h2-9H,1H3,(H3,17,18). The summed E-state index contributed by atoms with van der Waals surface area (Å²) in [7, 11) is 0. The van der Waals surface area contributed by atoms with Crippen molar-refractivity contribution in [1.82, 2.24) is 0 Å². The third-order valence-electron chi connectivity index (χ3n) is 3.21. The summed E-state index contributed by atoms with van der Waals surface area (Å²) in [6.45, 7) is 1.95. The van der Waals surface area contributed by atoms with Crippen LogP contribution in [0.4, 0.5) is 0 Å². The summed E-state index contributed by atoms with van der Waals surface area (Å²) < 4.78 is 5.34. The van der Waals surface area contributed by atoms with E-state index in [0.717, 1.165) is 31.9 Å². The summed E-state index contributed by atoms with van der Waals surface area (Å²) in [5, 5.41) is 9.78. The maximum absolute atomic E-state index is 7.67. The molecule has 0 radical (unpaired) electrons. The average molecular weight is 282 g/mol. The molecule has 100 valence electrons. The predicted molar refractivity (Wildman–Crippen MR) is 82.5 cm³/mol. The zero-order valence-electron chi connectivity index (χ0n) is 11.0. The average Bonchev–Trinajstić information content (AvgIpc) is 2.84. The normalized spacial score (nSPS) is 10.8. The van der Waals surface area contributed by atoms with Crippen LogP contribution in [0, 0.1) is 12.3 Å². The van der Waals surface area contributed by atoms with E-state index in [1.807, 2.05) is 43.3 Å². The SMILES string of the molecule is Cc1occc1Sc1ccc(C(=N)N)c2ccccc12. The van der Waals surface area contributed by atoms with Crippen molar-refractivity contribution in [1.29, 1.82) is 5.41 Å². The molecule has 3 aromatic rings. The summed E-state index contributed by atoms with van der Waals surface area (Å²) in [4.78, 5) is 2.24. The van der Waals surface area contributed by atoms with E-state index in [0.29, 0.717) is 0 Å². The van der Waals surface area contributed by atoms with Gasteiger partial charge >= 0.3 is 0 Å². The van der Waals surface area contributed by atoms with Gasteiger partial charge in [0, 0.05) is 10.5 Å². The molecule has 2 aromatic carbocycles. The second-order valence-electron chi connectivity index (χ2n) is 4.51. The third-order valence-corrected chi connectivity index (χ3v) is 4.42. The van der Waals surface area contributed by atoms with E-state index in [1.165, 1.54) is 0 Å². The largest absolute Gasteiger partial charge is 0.468 e. The lowest BCUT2D eigenvalue weighted by molar-refractivity contribution is 0.527. The Morgan fingerprint density at radius 3 is 2.45 bits per heavy atom. The zero-order valence-corrected chi connectivity index (χ0v) is 11.8. The van der Waals surface area contributed by atoms with E-state index >= 15 is 0 Å². The van der Waals surface area contributed by atoms with Gasteiger partial charge in [-0.05, 0) is 35.9 Å². The highest BCUT2D eigenvalue weighted by Crippen LogP contribution is 2.36. The lowest BCUT2D eigenvalue weighted by Gasteiger charge is -2.09. The number of benzene rings is 2. The van der Waals surface area contributed by atoms with E-state index in [4.69, 9.17) is 15.6 Å². The molecule has 1 heterocycles. The molecule has 4 heteroatoms. The Labute approximate surface area is 121 Å². The van der Waals surface area contributed by atoms with Crippen molar-refractivity contribution in [3.8, 4) is 0 Å². The number of rotatable bonds is 3. The maximum atomic E-state index is 7.67. The number of hydrogen-bond donors (Lipinski definition) is 2. The first-order valence-electron chi connectivity index (χ1n) is 6.25. The van der Waals surface area contributed by atoms with Gasteiger partial charge in [-0.15, -0.1) is 0 Å². The van der Waals surface area contributed by atoms with Crippen LogP contribution < -0.4 is 5.73 Å². The molecule has 0 bridgehead atoms. The van der Waals surface area contributed by atoms with Crippen molar-refractivity contribution in [2.45, 2.75) is 16.7 Å². The minimum Gasteiger partial charge on any atom is -0.468 e. The second-order valence-corrected chi connectivity index (χ2v) is 5.60. The Balaban J connectivity index is 2.15. The van der Waals surface area contributed by atoms with Gasteiger partial charge in [0.25, 0.3) is 0 Å². The number of nitrogens with two attached hydrogens (primary N) is 1. The molecule has 0 atom stereocenters. The summed E-state index contributed by atoms with van der Waals surface area (Å²) in [5.41, 5.74) is 6.42. The van der Waals surface area contributed by atoms with E-state index in [-0.39, 0.29) is 5.84 Å². The molecule has 3 nitrogen and oxygen atoms in total. The molecule has 3 rings (SSSR count). The topological polar surface area (TPSA) is 63.0 Å². The van der Waals surface area contributed by atoms with Crippen LogP contribution in [0.2, 0.25) is 0 Å². The summed E-state index contributed by atoms with van der Waals surface area (Å²) in [6, 6.07) is 13.9. The number of amidine groups is 1. The fraction of sp³-hybridized carbons (Fsp3) is 0.0625. The van der Waals surface area contributed by atoms with Crippen LogP contribution in [0.1, 0.15) is 11.3 Å². The van der Waals surface area contributed by atoms with Gasteiger partial charge in [-0.1, -0.05) is 36.0 Å². The van der Waals surface area contributed by atoms with Crippen molar-refractivity contribution < 1.29 is 4.42 Å². The minimum atomic E-state index is 0.0947. The highest BCUT2D eigenvalue weighted by Gasteiger charge is 2.10. The number of fused-ring (bicyclic) bond motifs is 1. The summed E-state index contributed by atoms with van der Waals surface area (Å²) in [6.07, 6.45) is 1.70. The first kappa shape index (κ1) is 12.8. The van der Waals surface area contributed by atoms with E-state index in [9.17, 15) is 0 Å². The van der Waals surface area contributed by atoms with Crippen LogP contribution in [0.25, 0.3) is 10.8 Å². The van der Waals surface area contributed by atoms with Crippen LogP contribution >= 0.6 is 11.8 Å². The van der Waals surface area contributed by atoms with Gasteiger partial charge in [-0.2, -0.15) is 0 Å². The highest BCUT2D eigenvalue weighted by atomic mass is 32.2. The fourth-order valence-electron chi connectivity index (χ4n) is 2.19. The Morgan fingerprint density at radius 2 is 1.80 bits per heavy atom. The minimum absolute atomic E-state index is 0.0947. The molecule has 0 saturated carbocycles. The van der Waals surface area contributed by atoms with Gasteiger partial charge in [0.2, 0.25) is 0 Å². The third kappa shape index (κ3) is 2.18. The molecule has 0 amide bonds. The van der Waals surface area contributed by atoms with Crippen LogP contribution in [0.5, 0.6) is 0 Å². The summed E-state index contributed by atoms with van der Waals surface area (Å²) >= 11 is 1.67. The van der Waals surface area contributed by atoms with Crippen molar-refractivity contribution in [3.63, 3.8) is 0 Å². The number of hydrogen-bond acceptors (Lipinski definition) is 3. The predicted octanol–water partition coefficient (Wildman–Crippen LogP) is 4.18. The molecule has 0 aliphatic rings. The van der Waals surface area contributed by atoms with Crippen molar-refractivity contribution in [3.05, 3.63) is 60.1 Å². The van der Waals surface area contributed by atoms with Gasteiger partial charge in [0.05, 0.1) is 11.2 Å². The quantitative estimate of drug-likeness (QED) is 0.559. The lowest BCUT2D eigenvalue weighted by Crippen LogP contribution is -2.11. The van der Waals surface area contributed by atoms with E-state index in [1.54, 1.807) is 18.0 Å². The summed E-state index contributed by atoms with van der Waals surface area (Å²) in [5.74, 6) is 1.01. The molecule has 1 aromatic heterocycles. The molecule has 0 spiro atoms. The van der Waals surface area contributed by atoms with Gasteiger partial charge in [0.15, 0.2) is 0 Å². The molecular weight excluding hydrogens is 268 g/mol. The van der Waals surface area contributed by atoms with Crippen molar-refractivity contribution in [2.75, 3.05) is 0 Å². The van der Waals surface area contributed by atoms with Crippen molar-refractivity contribution in [2.24, 2.45) is 5.73 Å². The van der Waals surface area contributed by atoms with E-state index < -0.39 is 0 Å². The van der Waals surface area contributed by atoms with Crippen LogP contribution in [0.15, 0.2) is 62.9 Å². The van der Waals surface area contributed by atoms with Gasteiger partial charge < -0.3 is 10.2 Å². The second kappa shape index (κ2) is 5.06. The molecule has 0 saturated heterocycles. The number of nitrogens with one attached hydrogen (secondary N) is 1. The van der Waals surface area contributed by atoms with Gasteiger partial charge in [-0.3, -0.25) is 5.41 Å². The van der Waals surface area contributed by atoms with Gasteiger partial charge in [0.1, 0.15) is 11.6 Å². The highest BCUT2D eigenvalue weighted by molar-refractivity contribution is 7.99. The van der Waals surface area contributed by atoms with Gasteiger partial charge in [-0.25, -0.2) is 0 Å². The molecule has 3 N–H and O–H groups in total. The Bertz CT molecular complexity index is 792. The lowest BCUT2D eigenvalue weighted by atomic mass is 10.0. The molecule has 0 aliphatic heterocycles. The number of aryl methyl sites for hydroxylation is 1. The Hall–Kier alpha value is -2.20. The molecule has 0 fully saturated rings. The molecule has 0 aliphatic carbocycles. The first-order valence-corrected chi connectivity index (χ1v) is 7.06. The Morgan fingerprint density at radius 1 is 1.05 bits per heavy atom. The molecule has 0 unspecified atom stereocenters. The molecule has 20 heavy (non-hydrogen) atoms. The maximum Gasteiger partial charge on any atom is 0.123 e. The van der Waals surface area contributed by atoms with E-state index in [2.05, 4.69) is 6.07 Å². The monoisotopic (exact) mass is 282 g/mol.